The summed E-state index contributed by atoms with van der Waals surface area (Å²) in [7, 11) is 1.00. The molecular formula is C26H41F3O. The van der Waals surface area contributed by atoms with Crippen LogP contribution in [0.25, 0.3) is 0 Å². The molecule has 1 N–H and O–H groups in total. The maximum Gasteiger partial charge on any atom is 0.391 e. The molecule has 0 aromatic rings. The first-order chi connectivity index (χ1) is 14.3. The van der Waals surface area contributed by atoms with Gasteiger partial charge in [-0.25, -0.2) is 0 Å². The van der Waals surface area contributed by atoms with E-state index in [1.165, 1.54) is 32.1 Å². The van der Waals surface area contributed by atoms with Crippen LogP contribution >= 0.6 is 0 Å². The predicted molar refractivity (Wildman–Crippen MR) is 116 cm³/mol. The van der Waals surface area contributed by atoms with Crippen LogP contribution in [0.4, 0.5) is 13.2 Å². The standard InChI is InChI=1S/C25H37F3.CH4O/c1-4-5-6-7-18-14-16(2)23-22-10-8-17-15-19(25(26,27)28)9-11-20(17)21(22)12-13-24(18,23)3;1-2/h16-23H,6-15H2,1-3H3;2H,1H3. The average Bonchev–Trinajstić information content (AvgIpc) is 2.98. The highest BCUT2D eigenvalue weighted by Gasteiger charge is 2.59. The van der Waals surface area contributed by atoms with Crippen LogP contribution in [-0.4, -0.2) is 18.4 Å². The van der Waals surface area contributed by atoms with Crippen molar-refractivity contribution in [2.75, 3.05) is 7.11 Å². The maximum atomic E-state index is 13.3. The Labute approximate surface area is 181 Å². The molecule has 30 heavy (non-hydrogen) atoms. The van der Waals surface area contributed by atoms with E-state index < -0.39 is 12.1 Å². The molecule has 0 bridgehead atoms. The van der Waals surface area contributed by atoms with Crippen molar-refractivity contribution < 1.29 is 18.3 Å². The second-order valence-electron chi connectivity index (χ2n) is 10.8. The van der Waals surface area contributed by atoms with Gasteiger partial charge in [0.25, 0.3) is 0 Å². The Morgan fingerprint density at radius 1 is 0.967 bits per heavy atom. The summed E-state index contributed by atoms with van der Waals surface area (Å²) in [5.74, 6) is 9.98. The lowest BCUT2D eigenvalue weighted by Crippen LogP contribution is -2.50. The SMILES string of the molecule is CC#CCCC1CC(C)C2C3CCC4CC(C(F)(F)F)CCC4C3CCC12C.CO. The van der Waals surface area contributed by atoms with Gasteiger partial charge in [-0.3, -0.25) is 0 Å². The number of hydrogen-bond acceptors (Lipinski definition) is 1. The topological polar surface area (TPSA) is 20.2 Å². The second kappa shape index (κ2) is 9.43. The fraction of sp³-hybridized carbons (Fsp3) is 0.923. The molecule has 0 aromatic heterocycles. The molecule has 1 nitrogen and oxygen atoms in total. The predicted octanol–water partition coefficient (Wildman–Crippen LogP) is 7.09. The largest absolute Gasteiger partial charge is 0.400 e. The summed E-state index contributed by atoms with van der Waals surface area (Å²) in [6, 6.07) is 0. The van der Waals surface area contributed by atoms with Crippen molar-refractivity contribution in [3.8, 4) is 11.8 Å². The third-order valence-corrected chi connectivity index (χ3v) is 9.71. The molecule has 172 valence electrons. The number of aliphatic hydroxyl groups excluding tert-OH is 1. The molecule has 0 aromatic carbocycles. The molecule has 0 radical (unpaired) electrons. The Balaban J connectivity index is 0.00000124. The van der Waals surface area contributed by atoms with Crippen molar-refractivity contribution in [3.05, 3.63) is 0 Å². The zero-order valence-corrected chi connectivity index (χ0v) is 19.3. The molecule has 4 fully saturated rings. The Bertz CT molecular complexity index is 632. The van der Waals surface area contributed by atoms with Crippen LogP contribution in [0.1, 0.15) is 85.0 Å². The summed E-state index contributed by atoms with van der Waals surface area (Å²) in [5, 5.41) is 7.00. The molecule has 0 saturated heterocycles. The van der Waals surface area contributed by atoms with Crippen molar-refractivity contribution in [1.29, 1.82) is 0 Å². The van der Waals surface area contributed by atoms with Crippen LogP contribution in [-0.2, 0) is 0 Å². The van der Waals surface area contributed by atoms with E-state index in [0.717, 1.165) is 50.0 Å². The van der Waals surface area contributed by atoms with Crippen LogP contribution in [0.3, 0.4) is 0 Å². The summed E-state index contributed by atoms with van der Waals surface area (Å²) in [4.78, 5) is 0. The smallest absolute Gasteiger partial charge is 0.391 e. The number of aliphatic hydroxyl groups is 1. The Kier molecular flexibility index (Phi) is 7.54. The number of halogens is 3. The Morgan fingerprint density at radius 2 is 1.67 bits per heavy atom. The molecule has 0 aliphatic heterocycles. The van der Waals surface area contributed by atoms with Gasteiger partial charge in [-0.1, -0.05) is 13.8 Å². The van der Waals surface area contributed by atoms with E-state index in [1.54, 1.807) is 0 Å². The molecule has 0 heterocycles. The van der Waals surface area contributed by atoms with Gasteiger partial charge in [-0.05, 0) is 112 Å². The third-order valence-electron chi connectivity index (χ3n) is 9.71. The molecule has 4 saturated carbocycles. The van der Waals surface area contributed by atoms with Crippen molar-refractivity contribution in [2.24, 2.45) is 52.8 Å². The fourth-order valence-electron chi connectivity index (χ4n) is 8.66. The highest BCUT2D eigenvalue weighted by Crippen LogP contribution is 2.66. The summed E-state index contributed by atoms with van der Waals surface area (Å²) in [6.45, 7) is 6.94. The van der Waals surface area contributed by atoms with E-state index in [9.17, 15) is 13.2 Å². The van der Waals surface area contributed by atoms with Crippen LogP contribution < -0.4 is 0 Å². The number of rotatable bonds is 2. The maximum absolute atomic E-state index is 13.3. The van der Waals surface area contributed by atoms with Gasteiger partial charge >= 0.3 is 6.18 Å². The summed E-state index contributed by atoms with van der Waals surface area (Å²) in [5.41, 5.74) is 0.437. The summed E-state index contributed by atoms with van der Waals surface area (Å²) in [6.07, 6.45) is 5.99. The van der Waals surface area contributed by atoms with E-state index in [0.29, 0.717) is 36.0 Å². The van der Waals surface area contributed by atoms with Crippen LogP contribution in [0, 0.1) is 64.6 Å². The lowest BCUT2D eigenvalue weighted by molar-refractivity contribution is -0.196. The van der Waals surface area contributed by atoms with Crippen molar-refractivity contribution in [1.82, 2.24) is 0 Å². The zero-order chi connectivity index (χ0) is 22.1. The summed E-state index contributed by atoms with van der Waals surface area (Å²) >= 11 is 0. The van der Waals surface area contributed by atoms with E-state index in [2.05, 4.69) is 25.7 Å². The van der Waals surface area contributed by atoms with Gasteiger partial charge in [-0.15, -0.1) is 11.8 Å². The normalized spacial score (nSPS) is 45.1. The average molecular weight is 427 g/mol. The monoisotopic (exact) mass is 426 g/mol. The van der Waals surface area contributed by atoms with E-state index in [4.69, 9.17) is 5.11 Å². The first-order valence-electron chi connectivity index (χ1n) is 12.2. The minimum absolute atomic E-state index is 0.332. The molecule has 9 unspecified atom stereocenters. The fourth-order valence-corrected chi connectivity index (χ4v) is 8.66. The quantitative estimate of drug-likeness (QED) is 0.467. The van der Waals surface area contributed by atoms with Gasteiger partial charge in [0.15, 0.2) is 0 Å². The number of fused-ring (bicyclic) bond motifs is 5. The Morgan fingerprint density at radius 3 is 2.33 bits per heavy atom. The highest BCUT2D eigenvalue weighted by molar-refractivity contribution is 5.09. The minimum atomic E-state index is -3.98. The van der Waals surface area contributed by atoms with Gasteiger partial charge in [0.2, 0.25) is 0 Å². The lowest BCUT2D eigenvalue weighted by Gasteiger charge is -2.57. The van der Waals surface area contributed by atoms with Gasteiger partial charge in [0, 0.05) is 13.5 Å². The lowest BCUT2D eigenvalue weighted by atomic mass is 9.48. The summed E-state index contributed by atoms with van der Waals surface area (Å²) < 4.78 is 39.8. The third kappa shape index (κ3) is 4.30. The van der Waals surface area contributed by atoms with Gasteiger partial charge in [0.05, 0.1) is 5.92 Å². The molecule has 4 rings (SSSR count). The number of hydrogen-bond donors (Lipinski definition) is 1. The van der Waals surface area contributed by atoms with E-state index in [1.807, 2.05) is 6.92 Å². The molecule has 0 spiro atoms. The molecule has 0 amide bonds. The van der Waals surface area contributed by atoms with Crippen molar-refractivity contribution in [2.45, 2.75) is 91.2 Å². The van der Waals surface area contributed by atoms with Crippen LogP contribution in [0.5, 0.6) is 0 Å². The van der Waals surface area contributed by atoms with Crippen molar-refractivity contribution in [3.63, 3.8) is 0 Å². The highest BCUT2D eigenvalue weighted by atomic mass is 19.4. The molecule has 4 aliphatic rings. The molecule has 4 heteroatoms. The molecule has 4 aliphatic carbocycles. The van der Waals surface area contributed by atoms with Crippen LogP contribution in [0.15, 0.2) is 0 Å². The van der Waals surface area contributed by atoms with Crippen LogP contribution in [0.2, 0.25) is 0 Å². The van der Waals surface area contributed by atoms with E-state index in [-0.39, 0.29) is 0 Å². The first-order valence-corrected chi connectivity index (χ1v) is 12.2. The first kappa shape index (κ1) is 24.0. The molecule has 9 atom stereocenters. The van der Waals surface area contributed by atoms with Gasteiger partial charge in [0.1, 0.15) is 0 Å². The Hall–Kier alpha value is -0.690. The second-order valence-corrected chi connectivity index (χ2v) is 10.8. The van der Waals surface area contributed by atoms with Crippen molar-refractivity contribution >= 4 is 0 Å². The minimum Gasteiger partial charge on any atom is -0.400 e. The molecular weight excluding hydrogens is 385 g/mol. The van der Waals surface area contributed by atoms with E-state index >= 15 is 0 Å². The van der Waals surface area contributed by atoms with Gasteiger partial charge < -0.3 is 5.11 Å². The van der Waals surface area contributed by atoms with Gasteiger partial charge in [-0.2, -0.15) is 13.2 Å². The number of alkyl halides is 3. The zero-order valence-electron chi connectivity index (χ0n) is 19.3.